The highest BCUT2D eigenvalue weighted by Crippen LogP contribution is 2.47. The smallest absolute Gasteiger partial charge is 0.226 e. The van der Waals surface area contributed by atoms with Crippen LogP contribution in [0.5, 0.6) is 0 Å². The third kappa shape index (κ3) is 3.72. The van der Waals surface area contributed by atoms with Gasteiger partial charge in [-0.1, -0.05) is 79.5 Å². The first-order valence-electron chi connectivity index (χ1n) is 11.1. The molecule has 3 heteroatoms. The van der Waals surface area contributed by atoms with Crippen molar-refractivity contribution in [3.8, 4) is 0 Å². The normalized spacial score (nSPS) is 33.4. The molecule has 0 spiro atoms. The Hall–Kier alpha value is -1.09. The van der Waals surface area contributed by atoms with Gasteiger partial charge in [0.15, 0.2) is 0 Å². The fraction of sp³-hybridized carbons (Fsp3) is 0.640. The lowest BCUT2D eigenvalue weighted by atomic mass is 9.60. The van der Waals surface area contributed by atoms with Gasteiger partial charge in [0.1, 0.15) is 0 Å². The number of nitrogens with zero attached hydrogens (tertiary/aromatic N) is 1. The molecule has 4 rings (SSSR count). The van der Waals surface area contributed by atoms with E-state index >= 15 is 0 Å². The molecule has 1 heterocycles. The summed E-state index contributed by atoms with van der Waals surface area (Å²) in [4.78, 5) is 16.1. The van der Waals surface area contributed by atoms with Crippen LogP contribution in [-0.2, 0) is 10.2 Å². The molecule has 1 aliphatic heterocycles. The molecule has 1 aromatic rings. The summed E-state index contributed by atoms with van der Waals surface area (Å²) in [6.07, 6.45) is 9.20. The molecule has 0 N–H and O–H groups in total. The molecule has 1 saturated heterocycles. The van der Waals surface area contributed by atoms with E-state index in [1.807, 2.05) is 0 Å². The first-order valence-corrected chi connectivity index (χ1v) is 11.9. The number of hydrogen-bond acceptors (Lipinski definition) is 1. The standard InChI is InChI=1S/C25H34BrNO/c1-17-9-11-21(25(2,3)19-7-5-4-6-8-19)20(15-17)24(28)27-14-13-18-10-12-22(26)23(27)16-18/h4-8,12,17-18,20-21,23H,9-11,13-16H2,1-3H3/t17-,18+,20-,21-,23-/m1/s1. The summed E-state index contributed by atoms with van der Waals surface area (Å²) in [5.74, 6) is 2.36. The Morgan fingerprint density at radius 3 is 2.61 bits per heavy atom. The van der Waals surface area contributed by atoms with Gasteiger partial charge in [0.05, 0.1) is 6.04 Å². The lowest BCUT2D eigenvalue weighted by molar-refractivity contribution is -0.144. The predicted octanol–water partition coefficient (Wildman–Crippen LogP) is 6.31. The monoisotopic (exact) mass is 443 g/mol. The minimum absolute atomic E-state index is 0.0136. The zero-order valence-electron chi connectivity index (χ0n) is 17.5. The average Bonchev–Trinajstić information content (AvgIpc) is 2.71. The number of benzene rings is 1. The van der Waals surface area contributed by atoms with Crippen LogP contribution < -0.4 is 0 Å². The maximum atomic E-state index is 13.9. The van der Waals surface area contributed by atoms with Crippen LogP contribution in [0.2, 0.25) is 0 Å². The number of halogens is 1. The average molecular weight is 444 g/mol. The van der Waals surface area contributed by atoms with Crippen molar-refractivity contribution in [3.05, 3.63) is 46.5 Å². The molecule has 1 amide bonds. The van der Waals surface area contributed by atoms with Crippen LogP contribution in [0.15, 0.2) is 40.9 Å². The number of carbonyl (C=O) groups excluding carboxylic acids is 1. The van der Waals surface area contributed by atoms with E-state index in [-0.39, 0.29) is 17.4 Å². The Kier molecular flexibility index (Phi) is 5.75. The molecule has 28 heavy (non-hydrogen) atoms. The van der Waals surface area contributed by atoms with Crippen molar-refractivity contribution in [1.29, 1.82) is 0 Å². The zero-order chi connectivity index (χ0) is 19.9. The number of hydrogen-bond donors (Lipinski definition) is 0. The third-order valence-corrected chi connectivity index (χ3v) is 8.69. The first kappa shape index (κ1) is 20.2. The number of allylic oxidation sites excluding steroid dienone is 1. The number of rotatable bonds is 3. The van der Waals surface area contributed by atoms with Gasteiger partial charge in [-0.25, -0.2) is 0 Å². The summed E-state index contributed by atoms with van der Waals surface area (Å²) in [7, 11) is 0. The lowest BCUT2D eigenvalue weighted by Crippen LogP contribution is -2.53. The predicted molar refractivity (Wildman–Crippen MR) is 119 cm³/mol. The van der Waals surface area contributed by atoms with E-state index in [1.165, 1.54) is 22.9 Å². The topological polar surface area (TPSA) is 20.3 Å². The molecule has 1 saturated carbocycles. The molecule has 0 aromatic heterocycles. The maximum absolute atomic E-state index is 13.9. The van der Waals surface area contributed by atoms with Crippen LogP contribution in [0.25, 0.3) is 0 Å². The fourth-order valence-corrected chi connectivity index (χ4v) is 6.63. The molecule has 0 unspecified atom stereocenters. The van der Waals surface area contributed by atoms with Gasteiger partial charge in [-0.3, -0.25) is 4.79 Å². The van der Waals surface area contributed by atoms with Crippen LogP contribution in [0.4, 0.5) is 0 Å². The molecular weight excluding hydrogens is 410 g/mol. The van der Waals surface area contributed by atoms with Gasteiger partial charge in [-0.2, -0.15) is 0 Å². The van der Waals surface area contributed by atoms with Gasteiger partial charge < -0.3 is 4.90 Å². The van der Waals surface area contributed by atoms with E-state index in [0.29, 0.717) is 17.7 Å². The number of piperidine rings is 1. The first-order chi connectivity index (χ1) is 13.4. The van der Waals surface area contributed by atoms with Crippen LogP contribution in [0.1, 0.15) is 64.9 Å². The van der Waals surface area contributed by atoms with Gasteiger partial charge >= 0.3 is 0 Å². The molecule has 0 radical (unpaired) electrons. The molecule has 152 valence electrons. The molecular formula is C25H34BrNO. The van der Waals surface area contributed by atoms with Crippen molar-refractivity contribution in [2.24, 2.45) is 23.7 Å². The lowest BCUT2D eigenvalue weighted by Gasteiger charge is -2.48. The van der Waals surface area contributed by atoms with E-state index in [1.54, 1.807) is 0 Å². The number of fused-ring (bicyclic) bond motifs is 2. The second-order valence-corrected chi connectivity index (χ2v) is 10.9. The maximum Gasteiger partial charge on any atom is 0.226 e. The van der Waals surface area contributed by atoms with Crippen LogP contribution >= 0.6 is 15.9 Å². The summed E-state index contributed by atoms with van der Waals surface area (Å²) in [6.45, 7) is 7.97. The summed E-state index contributed by atoms with van der Waals surface area (Å²) < 4.78 is 1.24. The third-order valence-electron chi connectivity index (χ3n) is 7.83. The van der Waals surface area contributed by atoms with Gasteiger partial charge in [-0.15, -0.1) is 0 Å². The molecule has 1 aromatic carbocycles. The minimum atomic E-state index is 0.0136. The Bertz CT molecular complexity index is 740. The molecule has 5 atom stereocenters. The number of amides is 1. The second kappa shape index (κ2) is 7.97. The van der Waals surface area contributed by atoms with Crippen molar-refractivity contribution in [3.63, 3.8) is 0 Å². The molecule has 2 nitrogen and oxygen atoms in total. The van der Waals surface area contributed by atoms with Crippen LogP contribution in [0, 0.1) is 23.7 Å². The second-order valence-electron chi connectivity index (χ2n) is 9.98. The molecule has 2 bridgehead atoms. The fourth-order valence-electron chi connectivity index (χ4n) is 6.01. The van der Waals surface area contributed by atoms with Gasteiger partial charge in [-0.05, 0) is 60.8 Å². The SMILES string of the molecule is C[C@@H]1CC[C@@H](C(C)(C)c2ccccc2)[C@H](C(=O)N2CC[C@@H]3CC=C(Br)[C@H]2C3)C1. The summed E-state index contributed by atoms with van der Waals surface area (Å²) in [5, 5.41) is 0. The van der Waals surface area contributed by atoms with Crippen LogP contribution in [0.3, 0.4) is 0 Å². The summed E-state index contributed by atoms with van der Waals surface area (Å²) >= 11 is 3.78. The van der Waals surface area contributed by atoms with Crippen molar-refractivity contribution in [2.75, 3.05) is 6.54 Å². The van der Waals surface area contributed by atoms with Crippen molar-refractivity contribution < 1.29 is 4.79 Å². The minimum Gasteiger partial charge on any atom is -0.335 e. The molecule has 2 aliphatic carbocycles. The van der Waals surface area contributed by atoms with Gasteiger partial charge in [0.25, 0.3) is 0 Å². The van der Waals surface area contributed by atoms with Crippen molar-refractivity contribution >= 4 is 21.8 Å². The van der Waals surface area contributed by atoms with Crippen LogP contribution in [-0.4, -0.2) is 23.4 Å². The number of likely N-dealkylation sites (tertiary alicyclic amines) is 1. The quantitative estimate of drug-likeness (QED) is 0.535. The Balaban J connectivity index is 1.62. The van der Waals surface area contributed by atoms with E-state index in [2.05, 4.69) is 78.0 Å². The van der Waals surface area contributed by atoms with E-state index in [0.717, 1.165) is 38.1 Å². The summed E-state index contributed by atoms with van der Waals surface area (Å²) in [6, 6.07) is 11.1. The van der Waals surface area contributed by atoms with Gasteiger partial charge in [0.2, 0.25) is 5.91 Å². The molecule has 3 aliphatic rings. The van der Waals surface area contributed by atoms with E-state index < -0.39 is 0 Å². The Morgan fingerprint density at radius 2 is 1.86 bits per heavy atom. The van der Waals surface area contributed by atoms with Gasteiger partial charge in [0, 0.05) is 16.9 Å². The molecule has 2 fully saturated rings. The highest BCUT2D eigenvalue weighted by molar-refractivity contribution is 9.11. The van der Waals surface area contributed by atoms with E-state index in [9.17, 15) is 4.79 Å². The Morgan fingerprint density at radius 1 is 1.11 bits per heavy atom. The van der Waals surface area contributed by atoms with E-state index in [4.69, 9.17) is 0 Å². The highest BCUT2D eigenvalue weighted by atomic mass is 79.9. The van der Waals surface area contributed by atoms with Crippen molar-refractivity contribution in [2.45, 2.75) is 70.8 Å². The largest absolute Gasteiger partial charge is 0.335 e. The zero-order valence-corrected chi connectivity index (χ0v) is 19.1. The van der Waals surface area contributed by atoms with Crippen molar-refractivity contribution in [1.82, 2.24) is 4.90 Å². The number of carbonyl (C=O) groups is 1. The Labute approximate surface area is 178 Å². The summed E-state index contributed by atoms with van der Waals surface area (Å²) in [5.41, 5.74) is 1.38. The highest BCUT2D eigenvalue weighted by Gasteiger charge is 2.46.